The summed E-state index contributed by atoms with van der Waals surface area (Å²) in [7, 11) is 0. The van der Waals surface area contributed by atoms with Gasteiger partial charge in [-0.15, -0.1) is 0 Å². The van der Waals surface area contributed by atoms with Crippen LogP contribution in [0.3, 0.4) is 0 Å². The van der Waals surface area contributed by atoms with Crippen molar-refractivity contribution in [1.82, 2.24) is 5.32 Å². The van der Waals surface area contributed by atoms with Gasteiger partial charge in [0, 0.05) is 18.0 Å². The fourth-order valence-electron chi connectivity index (χ4n) is 2.70. The van der Waals surface area contributed by atoms with Crippen LogP contribution in [-0.4, -0.2) is 29.1 Å². The Bertz CT molecular complexity index is 831. The predicted octanol–water partition coefficient (Wildman–Crippen LogP) is 4.18. The Morgan fingerprint density at radius 3 is 2.39 bits per heavy atom. The van der Waals surface area contributed by atoms with Gasteiger partial charge in [0.2, 0.25) is 0 Å². The summed E-state index contributed by atoms with van der Waals surface area (Å²) in [6.45, 7) is 5.86. The third kappa shape index (κ3) is 6.57. The van der Waals surface area contributed by atoms with Crippen LogP contribution in [0.2, 0.25) is 5.02 Å². The number of carbonyl (C=O) groups excluding carboxylic acids is 1. The molecule has 0 spiro atoms. The molecular formula is C22H26ClNO4. The summed E-state index contributed by atoms with van der Waals surface area (Å²) in [5.74, 6) is -0.489. The lowest BCUT2D eigenvalue weighted by Gasteiger charge is -2.25. The van der Waals surface area contributed by atoms with Gasteiger partial charge in [0.05, 0.1) is 0 Å². The molecule has 0 aliphatic carbocycles. The summed E-state index contributed by atoms with van der Waals surface area (Å²) >= 11 is 6.22. The zero-order valence-electron chi connectivity index (χ0n) is 16.4. The average Bonchev–Trinajstić information content (AvgIpc) is 2.62. The van der Waals surface area contributed by atoms with Crippen molar-refractivity contribution in [3.8, 4) is 5.75 Å². The maximum Gasteiger partial charge on any atom is 0.303 e. The molecule has 150 valence electrons. The summed E-state index contributed by atoms with van der Waals surface area (Å²) < 4.78 is 5.83. The first-order valence-electron chi connectivity index (χ1n) is 9.20. The molecule has 2 aromatic rings. The van der Waals surface area contributed by atoms with Gasteiger partial charge in [0.1, 0.15) is 5.75 Å². The van der Waals surface area contributed by atoms with Crippen LogP contribution in [0, 0.1) is 6.92 Å². The van der Waals surface area contributed by atoms with E-state index < -0.39 is 11.6 Å². The molecule has 6 heteroatoms. The number of aryl methyl sites for hydroxylation is 2. The number of nitrogens with one attached hydrogen (secondary N) is 1. The zero-order chi connectivity index (χ0) is 20.7. The quantitative estimate of drug-likeness (QED) is 0.658. The van der Waals surface area contributed by atoms with Crippen LogP contribution in [0.25, 0.3) is 0 Å². The summed E-state index contributed by atoms with van der Waals surface area (Å²) in [4.78, 5) is 23.1. The van der Waals surface area contributed by atoms with E-state index in [1.807, 2.05) is 37.3 Å². The number of hydrogen-bond donors (Lipinski definition) is 2. The Morgan fingerprint density at radius 1 is 1.11 bits per heavy atom. The molecule has 5 nitrogen and oxygen atoms in total. The summed E-state index contributed by atoms with van der Waals surface area (Å²) in [5, 5.41) is 12.3. The smallest absolute Gasteiger partial charge is 0.303 e. The molecular weight excluding hydrogens is 378 g/mol. The maximum atomic E-state index is 12.5. The SMILES string of the molecule is Cc1ccc(CCNC(=O)C(C)(C)Oc2ccc(CCC(=O)O)cc2)c(Cl)c1. The van der Waals surface area contributed by atoms with Gasteiger partial charge in [-0.2, -0.15) is 0 Å². The number of hydrogen-bond acceptors (Lipinski definition) is 3. The first-order valence-corrected chi connectivity index (χ1v) is 9.58. The van der Waals surface area contributed by atoms with Crippen LogP contribution < -0.4 is 10.1 Å². The van der Waals surface area contributed by atoms with Gasteiger partial charge in [0.15, 0.2) is 5.60 Å². The molecule has 0 aromatic heterocycles. The second-order valence-electron chi connectivity index (χ2n) is 7.25. The molecule has 2 N–H and O–H groups in total. The van der Waals surface area contributed by atoms with Crippen molar-refractivity contribution >= 4 is 23.5 Å². The fourth-order valence-corrected chi connectivity index (χ4v) is 3.02. The van der Waals surface area contributed by atoms with Gasteiger partial charge in [-0.3, -0.25) is 9.59 Å². The molecule has 0 bridgehead atoms. The van der Waals surface area contributed by atoms with Crippen molar-refractivity contribution in [3.63, 3.8) is 0 Å². The number of halogens is 1. The Hall–Kier alpha value is -2.53. The highest BCUT2D eigenvalue weighted by molar-refractivity contribution is 6.31. The van der Waals surface area contributed by atoms with Crippen molar-refractivity contribution in [2.75, 3.05) is 6.54 Å². The van der Waals surface area contributed by atoms with Crippen molar-refractivity contribution in [3.05, 3.63) is 64.2 Å². The van der Waals surface area contributed by atoms with E-state index in [9.17, 15) is 9.59 Å². The maximum absolute atomic E-state index is 12.5. The normalized spacial score (nSPS) is 11.1. The lowest BCUT2D eigenvalue weighted by Crippen LogP contribution is -2.47. The number of aliphatic carboxylic acids is 1. The molecule has 2 aromatic carbocycles. The molecule has 1 amide bonds. The van der Waals surface area contributed by atoms with Crippen LogP contribution in [-0.2, 0) is 22.4 Å². The molecule has 2 rings (SSSR count). The van der Waals surface area contributed by atoms with Crippen molar-refractivity contribution in [2.45, 2.75) is 45.6 Å². The number of carboxylic acids is 1. The van der Waals surface area contributed by atoms with Crippen LogP contribution in [0.5, 0.6) is 5.75 Å². The first kappa shape index (κ1) is 21.8. The van der Waals surface area contributed by atoms with Gasteiger partial charge in [-0.05, 0) is 68.5 Å². The number of benzene rings is 2. The molecule has 0 aliphatic heterocycles. The van der Waals surface area contributed by atoms with E-state index in [-0.39, 0.29) is 12.3 Å². The van der Waals surface area contributed by atoms with Crippen molar-refractivity contribution in [2.24, 2.45) is 0 Å². The molecule has 0 heterocycles. The van der Waals surface area contributed by atoms with Crippen LogP contribution in [0.15, 0.2) is 42.5 Å². The van der Waals surface area contributed by atoms with Crippen LogP contribution in [0.1, 0.15) is 37.0 Å². The molecule has 0 radical (unpaired) electrons. The highest BCUT2D eigenvalue weighted by atomic mass is 35.5. The van der Waals surface area contributed by atoms with E-state index in [0.29, 0.717) is 30.2 Å². The van der Waals surface area contributed by atoms with Gasteiger partial charge >= 0.3 is 5.97 Å². The summed E-state index contributed by atoms with van der Waals surface area (Å²) in [5.41, 5.74) is 1.95. The van der Waals surface area contributed by atoms with Gasteiger partial charge in [0.25, 0.3) is 5.91 Å². The minimum absolute atomic E-state index is 0.0824. The molecule has 28 heavy (non-hydrogen) atoms. The Balaban J connectivity index is 1.87. The molecule has 0 aliphatic rings. The Morgan fingerprint density at radius 2 is 1.79 bits per heavy atom. The minimum Gasteiger partial charge on any atom is -0.481 e. The number of amides is 1. The third-order valence-electron chi connectivity index (χ3n) is 4.36. The monoisotopic (exact) mass is 403 g/mol. The van der Waals surface area contributed by atoms with E-state index in [1.165, 1.54) is 0 Å². The van der Waals surface area contributed by atoms with E-state index in [0.717, 1.165) is 16.7 Å². The lowest BCUT2D eigenvalue weighted by atomic mass is 10.1. The predicted molar refractivity (Wildman–Crippen MR) is 110 cm³/mol. The van der Waals surface area contributed by atoms with E-state index >= 15 is 0 Å². The van der Waals surface area contributed by atoms with Gasteiger partial charge in [-0.25, -0.2) is 0 Å². The summed E-state index contributed by atoms with van der Waals surface area (Å²) in [6, 6.07) is 13.0. The molecule has 0 unspecified atom stereocenters. The van der Waals surface area contributed by atoms with Gasteiger partial charge < -0.3 is 15.2 Å². The van der Waals surface area contributed by atoms with Crippen molar-refractivity contribution in [1.29, 1.82) is 0 Å². The Labute approximate surface area is 170 Å². The van der Waals surface area contributed by atoms with E-state index in [1.54, 1.807) is 26.0 Å². The highest BCUT2D eigenvalue weighted by Crippen LogP contribution is 2.21. The zero-order valence-corrected chi connectivity index (χ0v) is 17.2. The molecule has 0 atom stereocenters. The average molecular weight is 404 g/mol. The van der Waals surface area contributed by atoms with E-state index in [4.69, 9.17) is 21.4 Å². The number of carbonyl (C=O) groups is 2. The molecule has 0 fully saturated rings. The molecule has 0 saturated heterocycles. The largest absolute Gasteiger partial charge is 0.481 e. The van der Waals surface area contributed by atoms with E-state index in [2.05, 4.69) is 5.32 Å². The number of carboxylic acid groups (broad SMARTS) is 1. The topological polar surface area (TPSA) is 75.6 Å². The standard InChI is InChI=1S/C22H26ClNO4/c1-15-4-8-17(19(23)14-15)12-13-24-21(27)22(2,3)28-18-9-5-16(6-10-18)7-11-20(25)26/h4-6,8-10,14H,7,11-13H2,1-3H3,(H,24,27)(H,25,26). The van der Waals surface area contributed by atoms with Crippen LogP contribution in [0.4, 0.5) is 0 Å². The summed E-state index contributed by atoms with van der Waals surface area (Å²) in [6.07, 6.45) is 1.18. The van der Waals surface area contributed by atoms with Crippen molar-refractivity contribution < 1.29 is 19.4 Å². The van der Waals surface area contributed by atoms with Crippen LogP contribution >= 0.6 is 11.6 Å². The highest BCUT2D eigenvalue weighted by Gasteiger charge is 2.29. The van der Waals surface area contributed by atoms with Gasteiger partial charge in [-0.1, -0.05) is 35.9 Å². The minimum atomic E-state index is -1.04. The fraction of sp³-hybridized carbons (Fsp3) is 0.364. The molecule has 0 saturated carbocycles. The Kier molecular flexibility index (Phi) is 7.46. The second kappa shape index (κ2) is 9.60. The first-order chi connectivity index (χ1) is 13.2. The third-order valence-corrected chi connectivity index (χ3v) is 4.71. The lowest BCUT2D eigenvalue weighted by molar-refractivity contribution is -0.137. The second-order valence-corrected chi connectivity index (χ2v) is 7.66. The number of rotatable bonds is 9. The number of ether oxygens (including phenoxy) is 1.